The van der Waals surface area contributed by atoms with Crippen LogP contribution >= 0.6 is 0 Å². The molecule has 0 N–H and O–H groups in total. The van der Waals surface area contributed by atoms with Crippen molar-refractivity contribution in [1.82, 2.24) is 4.98 Å². The second-order valence-corrected chi connectivity index (χ2v) is 2.53. The van der Waals surface area contributed by atoms with Crippen LogP contribution in [0.4, 0.5) is 18.9 Å². The summed E-state index contributed by atoms with van der Waals surface area (Å²) in [5.41, 5.74) is -2.02. The summed E-state index contributed by atoms with van der Waals surface area (Å²) >= 11 is 0. The Kier molecular flexibility index (Phi) is 2.68. The molecule has 0 aliphatic rings. The van der Waals surface area contributed by atoms with Crippen LogP contribution in [0.25, 0.3) is 0 Å². The summed E-state index contributed by atoms with van der Waals surface area (Å²) in [5.74, 6) is -1.37. The van der Waals surface area contributed by atoms with Gasteiger partial charge < -0.3 is 0 Å². The molecule has 76 valence electrons. The fraction of sp³-hybridized carbons (Fsp3) is 0.286. The Morgan fingerprint density at radius 2 is 2.14 bits per heavy atom. The highest BCUT2D eigenvalue weighted by Gasteiger charge is 2.24. The van der Waals surface area contributed by atoms with Gasteiger partial charge in [-0.1, -0.05) is 0 Å². The van der Waals surface area contributed by atoms with Crippen molar-refractivity contribution in [3.05, 3.63) is 33.4 Å². The van der Waals surface area contributed by atoms with Crippen LogP contribution in [0.15, 0.2) is 6.20 Å². The number of nitrogens with zero attached hydrogens (tertiary/aromatic N) is 2. The highest BCUT2D eigenvalue weighted by molar-refractivity contribution is 5.42. The summed E-state index contributed by atoms with van der Waals surface area (Å²) in [5, 5.41) is 10.3. The summed E-state index contributed by atoms with van der Waals surface area (Å²) in [6, 6.07) is 0. The van der Waals surface area contributed by atoms with Gasteiger partial charge in [0.15, 0.2) is 0 Å². The molecule has 0 unspecified atom stereocenters. The van der Waals surface area contributed by atoms with E-state index < -0.39 is 34.1 Å². The normalized spacial score (nSPS) is 10.6. The van der Waals surface area contributed by atoms with Crippen LogP contribution in [0.3, 0.4) is 0 Å². The smallest absolute Gasteiger partial charge is 0.258 e. The summed E-state index contributed by atoms with van der Waals surface area (Å²) in [4.78, 5) is 12.3. The minimum atomic E-state index is -3.11. The van der Waals surface area contributed by atoms with E-state index in [9.17, 15) is 23.3 Å². The molecule has 0 aliphatic carbocycles. The second-order valence-electron chi connectivity index (χ2n) is 2.53. The molecule has 14 heavy (non-hydrogen) atoms. The van der Waals surface area contributed by atoms with Crippen LogP contribution < -0.4 is 0 Å². The maximum absolute atomic E-state index is 12.7. The molecule has 0 saturated carbocycles. The molecule has 0 spiro atoms. The van der Waals surface area contributed by atoms with Gasteiger partial charge in [0.25, 0.3) is 12.1 Å². The lowest BCUT2D eigenvalue weighted by Crippen LogP contribution is -2.02. The van der Waals surface area contributed by atoms with Gasteiger partial charge in [-0.05, 0) is 6.92 Å². The summed E-state index contributed by atoms with van der Waals surface area (Å²) in [6.45, 7) is 1.06. The van der Waals surface area contributed by atoms with Gasteiger partial charge in [0.05, 0.1) is 10.5 Å². The van der Waals surface area contributed by atoms with E-state index in [1.165, 1.54) is 0 Å². The van der Waals surface area contributed by atoms with E-state index in [1.54, 1.807) is 0 Å². The van der Waals surface area contributed by atoms with Crippen LogP contribution in [0.2, 0.25) is 0 Å². The highest BCUT2D eigenvalue weighted by atomic mass is 19.3. The van der Waals surface area contributed by atoms with Crippen molar-refractivity contribution in [2.45, 2.75) is 13.3 Å². The van der Waals surface area contributed by atoms with Gasteiger partial charge in [0, 0.05) is 5.56 Å². The van der Waals surface area contributed by atoms with E-state index >= 15 is 0 Å². The number of nitro groups is 1. The van der Waals surface area contributed by atoms with E-state index in [0.29, 0.717) is 6.20 Å². The Balaban J connectivity index is 3.41. The molecular formula is C7H5F3N2O2. The van der Waals surface area contributed by atoms with Gasteiger partial charge >= 0.3 is 0 Å². The maximum Gasteiger partial charge on any atom is 0.291 e. The first-order valence-electron chi connectivity index (χ1n) is 3.52. The summed E-state index contributed by atoms with van der Waals surface area (Å²) in [7, 11) is 0. The minimum absolute atomic E-state index is 0.391. The summed E-state index contributed by atoms with van der Waals surface area (Å²) < 4.78 is 37.2. The van der Waals surface area contributed by atoms with Gasteiger partial charge in [-0.25, -0.2) is 13.8 Å². The van der Waals surface area contributed by atoms with Crippen molar-refractivity contribution in [1.29, 1.82) is 0 Å². The lowest BCUT2D eigenvalue weighted by Gasteiger charge is -2.04. The molecule has 0 saturated heterocycles. The van der Waals surface area contributed by atoms with Crippen molar-refractivity contribution >= 4 is 5.69 Å². The van der Waals surface area contributed by atoms with Gasteiger partial charge in [0.2, 0.25) is 5.95 Å². The van der Waals surface area contributed by atoms with E-state index in [4.69, 9.17) is 0 Å². The molecule has 1 rings (SSSR count). The van der Waals surface area contributed by atoms with Gasteiger partial charge in [-0.2, -0.15) is 4.39 Å². The Morgan fingerprint density at radius 1 is 1.57 bits per heavy atom. The molecule has 0 aliphatic heterocycles. The van der Waals surface area contributed by atoms with E-state index in [1.807, 2.05) is 0 Å². The second kappa shape index (κ2) is 3.60. The van der Waals surface area contributed by atoms with E-state index in [0.717, 1.165) is 6.92 Å². The predicted molar refractivity (Wildman–Crippen MR) is 40.5 cm³/mol. The molecule has 0 bridgehead atoms. The number of halogens is 3. The monoisotopic (exact) mass is 206 g/mol. The van der Waals surface area contributed by atoms with Crippen molar-refractivity contribution in [2.75, 3.05) is 0 Å². The van der Waals surface area contributed by atoms with E-state index in [-0.39, 0.29) is 0 Å². The first-order chi connectivity index (χ1) is 6.45. The van der Waals surface area contributed by atoms with Crippen LogP contribution in [0.1, 0.15) is 17.6 Å². The zero-order valence-corrected chi connectivity index (χ0v) is 7.00. The molecule has 0 amide bonds. The third-order valence-electron chi connectivity index (χ3n) is 1.73. The molecule has 1 heterocycles. The Hall–Kier alpha value is -1.66. The maximum atomic E-state index is 12.7. The largest absolute Gasteiger partial charge is 0.291 e. The highest BCUT2D eigenvalue weighted by Crippen LogP contribution is 2.29. The first kappa shape index (κ1) is 10.4. The lowest BCUT2D eigenvalue weighted by atomic mass is 10.1. The molecule has 1 aromatic rings. The Morgan fingerprint density at radius 3 is 2.57 bits per heavy atom. The zero-order chi connectivity index (χ0) is 10.9. The fourth-order valence-corrected chi connectivity index (χ4v) is 1.01. The molecule has 4 nitrogen and oxygen atoms in total. The van der Waals surface area contributed by atoms with Crippen LogP contribution in [-0.2, 0) is 0 Å². The molecule has 7 heteroatoms. The number of aromatic nitrogens is 1. The number of alkyl halides is 2. The average Bonchev–Trinajstić information content (AvgIpc) is 2.02. The third-order valence-corrected chi connectivity index (χ3v) is 1.73. The molecule has 0 aromatic carbocycles. The van der Waals surface area contributed by atoms with E-state index in [2.05, 4.69) is 4.98 Å². The SMILES string of the molecule is Cc1c([N+](=O)[O-])cnc(F)c1C(F)F. The predicted octanol–water partition coefficient (Wildman–Crippen LogP) is 2.37. The molecule has 0 fully saturated rings. The fourth-order valence-electron chi connectivity index (χ4n) is 1.01. The van der Waals surface area contributed by atoms with Gasteiger partial charge in [0.1, 0.15) is 6.20 Å². The Labute approximate surface area is 76.5 Å². The van der Waals surface area contributed by atoms with Crippen molar-refractivity contribution in [2.24, 2.45) is 0 Å². The first-order valence-corrected chi connectivity index (χ1v) is 3.52. The third kappa shape index (κ3) is 1.66. The quantitative estimate of drug-likeness (QED) is 0.424. The minimum Gasteiger partial charge on any atom is -0.258 e. The molecule has 0 radical (unpaired) electrons. The van der Waals surface area contributed by atoms with Crippen molar-refractivity contribution in [3.63, 3.8) is 0 Å². The average molecular weight is 206 g/mol. The number of hydrogen-bond acceptors (Lipinski definition) is 3. The molecule has 1 aromatic heterocycles. The van der Waals surface area contributed by atoms with Crippen LogP contribution in [0.5, 0.6) is 0 Å². The van der Waals surface area contributed by atoms with Crippen LogP contribution in [-0.4, -0.2) is 9.91 Å². The molecular weight excluding hydrogens is 201 g/mol. The number of pyridine rings is 1. The topological polar surface area (TPSA) is 56.0 Å². The van der Waals surface area contributed by atoms with Gasteiger partial charge in [-0.15, -0.1) is 0 Å². The van der Waals surface area contributed by atoms with Gasteiger partial charge in [-0.3, -0.25) is 10.1 Å². The van der Waals surface area contributed by atoms with Crippen LogP contribution in [0, 0.1) is 23.0 Å². The zero-order valence-electron chi connectivity index (χ0n) is 7.00. The van der Waals surface area contributed by atoms with Crippen molar-refractivity contribution in [3.8, 4) is 0 Å². The Bertz CT molecular complexity index is 381. The molecule has 0 atom stereocenters. The number of hydrogen-bond donors (Lipinski definition) is 0. The van der Waals surface area contributed by atoms with Crippen molar-refractivity contribution < 1.29 is 18.1 Å². The lowest BCUT2D eigenvalue weighted by molar-refractivity contribution is -0.385. The summed E-state index contributed by atoms with van der Waals surface area (Å²) in [6.07, 6.45) is -2.49. The number of rotatable bonds is 2. The standard InChI is InChI=1S/C7H5F3N2O2/c1-3-4(12(13)14)2-11-7(10)5(3)6(8)9/h2,6H,1H3.